The highest BCUT2D eigenvalue weighted by Crippen LogP contribution is 2.34. The van der Waals surface area contributed by atoms with E-state index in [1.54, 1.807) is 0 Å². The normalized spacial score (nSPS) is 19.1. The summed E-state index contributed by atoms with van der Waals surface area (Å²) >= 11 is 0. The first-order valence-corrected chi connectivity index (χ1v) is 5.01. The van der Waals surface area contributed by atoms with Crippen molar-refractivity contribution in [1.82, 2.24) is 0 Å². The third-order valence-electron chi connectivity index (χ3n) is 2.64. The quantitative estimate of drug-likeness (QED) is 0.827. The Labute approximate surface area is 100 Å². The first-order valence-electron chi connectivity index (χ1n) is 5.01. The molecule has 0 heterocycles. The van der Waals surface area contributed by atoms with Gasteiger partial charge < -0.3 is 10.8 Å². The van der Waals surface area contributed by atoms with E-state index in [9.17, 15) is 22.0 Å². The van der Waals surface area contributed by atoms with Gasteiger partial charge in [0.2, 0.25) is 0 Å². The van der Waals surface area contributed by atoms with Gasteiger partial charge in [0, 0.05) is 5.56 Å². The molecule has 0 radical (unpaired) electrons. The van der Waals surface area contributed by atoms with Crippen LogP contribution in [0.3, 0.4) is 0 Å². The zero-order valence-electron chi connectivity index (χ0n) is 9.38. The summed E-state index contributed by atoms with van der Waals surface area (Å²) in [6, 6.07) is 4.64. The lowest BCUT2D eigenvalue weighted by Crippen LogP contribution is -2.53. The maximum Gasteiger partial charge on any atom is 0.417 e. The minimum absolute atomic E-state index is 0.430. The standard InChI is InChI=1S/C11H12F5NO/c1-10(17,6-4-2-3-5-7(6)12)8(13)9(18)11(14,15)16/h2-5,8-9,18H,17H2,1H3. The van der Waals surface area contributed by atoms with Crippen LogP contribution in [0.5, 0.6) is 0 Å². The summed E-state index contributed by atoms with van der Waals surface area (Å²) in [5, 5.41) is 8.84. The number of alkyl halides is 4. The molecular formula is C11H12F5NO. The number of hydrogen-bond donors (Lipinski definition) is 2. The number of hydrogen-bond acceptors (Lipinski definition) is 2. The van der Waals surface area contributed by atoms with Gasteiger partial charge >= 0.3 is 6.18 Å². The van der Waals surface area contributed by atoms with Gasteiger partial charge in [-0.1, -0.05) is 18.2 Å². The molecule has 102 valence electrons. The number of aliphatic hydroxyl groups is 1. The molecule has 0 aromatic heterocycles. The van der Waals surface area contributed by atoms with E-state index in [0.717, 1.165) is 19.1 Å². The number of rotatable bonds is 3. The van der Waals surface area contributed by atoms with Crippen LogP contribution in [-0.4, -0.2) is 23.6 Å². The Hall–Kier alpha value is -1.21. The predicted octanol–water partition coefficient (Wildman–Crippen LogP) is 2.26. The second-order valence-electron chi connectivity index (χ2n) is 4.15. The topological polar surface area (TPSA) is 46.2 Å². The third kappa shape index (κ3) is 2.78. The summed E-state index contributed by atoms with van der Waals surface area (Å²) in [7, 11) is 0. The molecule has 3 N–H and O–H groups in total. The first kappa shape index (κ1) is 14.8. The zero-order chi connectivity index (χ0) is 14.1. The minimum atomic E-state index is -5.16. The van der Waals surface area contributed by atoms with Crippen molar-refractivity contribution in [2.24, 2.45) is 5.73 Å². The van der Waals surface area contributed by atoms with Crippen molar-refractivity contribution in [3.63, 3.8) is 0 Å². The molecule has 0 bridgehead atoms. The van der Waals surface area contributed by atoms with Gasteiger partial charge in [-0.3, -0.25) is 0 Å². The van der Waals surface area contributed by atoms with Crippen LogP contribution in [-0.2, 0) is 5.54 Å². The summed E-state index contributed by atoms with van der Waals surface area (Å²) in [4.78, 5) is 0. The van der Waals surface area contributed by atoms with Crippen LogP contribution in [0.1, 0.15) is 12.5 Å². The molecule has 2 nitrogen and oxygen atoms in total. The number of aliphatic hydroxyl groups excluding tert-OH is 1. The molecule has 0 spiro atoms. The van der Waals surface area contributed by atoms with E-state index < -0.39 is 35.4 Å². The highest BCUT2D eigenvalue weighted by Gasteiger charge is 2.51. The van der Waals surface area contributed by atoms with Crippen LogP contribution in [0, 0.1) is 5.82 Å². The van der Waals surface area contributed by atoms with Crippen molar-refractivity contribution in [3.05, 3.63) is 35.6 Å². The van der Waals surface area contributed by atoms with Crippen molar-refractivity contribution in [1.29, 1.82) is 0 Å². The van der Waals surface area contributed by atoms with E-state index in [-0.39, 0.29) is 0 Å². The summed E-state index contributed by atoms with van der Waals surface area (Å²) in [6.07, 6.45) is -11.3. The van der Waals surface area contributed by atoms with E-state index >= 15 is 0 Å². The SMILES string of the molecule is CC(N)(c1ccccc1F)C(F)C(O)C(F)(F)F. The molecule has 1 rings (SSSR count). The molecule has 3 unspecified atom stereocenters. The van der Waals surface area contributed by atoms with Gasteiger partial charge in [-0.05, 0) is 13.0 Å². The molecular weight excluding hydrogens is 257 g/mol. The van der Waals surface area contributed by atoms with Crippen molar-refractivity contribution >= 4 is 0 Å². The second-order valence-corrected chi connectivity index (χ2v) is 4.15. The number of halogens is 5. The molecule has 3 atom stereocenters. The third-order valence-corrected chi connectivity index (χ3v) is 2.64. The average Bonchev–Trinajstić information content (AvgIpc) is 2.26. The molecule has 0 aliphatic rings. The summed E-state index contributed by atoms with van der Waals surface area (Å²) in [5.74, 6) is -0.931. The van der Waals surface area contributed by atoms with Crippen LogP contribution in [0.2, 0.25) is 0 Å². The van der Waals surface area contributed by atoms with Gasteiger partial charge in [0.1, 0.15) is 5.82 Å². The fraction of sp³-hybridized carbons (Fsp3) is 0.455. The number of nitrogens with two attached hydrogens (primary N) is 1. The second kappa shape index (κ2) is 4.81. The van der Waals surface area contributed by atoms with Crippen LogP contribution in [0.4, 0.5) is 22.0 Å². The lowest BCUT2D eigenvalue weighted by Gasteiger charge is -2.33. The Morgan fingerprint density at radius 2 is 1.72 bits per heavy atom. The van der Waals surface area contributed by atoms with Crippen LogP contribution in [0.15, 0.2) is 24.3 Å². The van der Waals surface area contributed by atoms with Crippen molar-refractivity contribution < 1.29 is 27.1 Å². The Kier molecular flexibility index (Phi) is 3.97. The molecule has 0 amide bonds. The van der Waals surface area contributed by atoms with E-state index in [1.165, 1.54) is 12.1 Å². The molecule has 0 aliphatic carbocycles. The average molecular weight is 269 g/mol. The Morgan fingerprint density at radius 3 is 2.17 bits per heavy atom. The van der Waals surface area contributed by atoms with Crippen LogP contribution in [0.25, 0.3) is 0 Å². The fourth-order valence-corrected chi connectivity index (χ4v) is 1.54. The van der Waals surface area contributed by atoms with Crippen LogP contribution >= 0.6 is 0 Å². The van der Waals surface area contributed by atoms with E-state index in [4.69, 9.17) is 10.8 Å². The largest absolute Gasteiger partial charge is 0.417 e. The highest BCUT2D eigenvalue weighted by molar-refractivity contribution is 5.27. The smallest absolute Gasteiger partial charge is 0.381 e. The van der Waals surface area contributed by atoms with Gasteiger partial charge in [0.15, 0.2) is 12.3 Å². The Morgan fingerprint density at radius 1 is 1.22 bits per heavy atom. The molecule has 0 saturated heterocycles. The molecule has 1 aromatic carbocycles. The van der Waals surface area contributed by atoms with Gasteiger partial charge in [0.05, 0.1) is 5.54 Å². The number of benzene rings is 1. The zero-order valence-corrected chi connectivity index (χ0v) is 9.38. The summed E-state index contributed by atoms with van der Waals surface area (Å²) in [6.45, 7) is 0.894. The van der Waals surface area contributed by atoms with E-state index in [1.807, 2.05) is 0 Å². The Bertz CT molecular complexity index is 418. The maximum atomic E-state index is 13.7. The van der Waals surface area contributed by atoms with Gasteiger partial charge in [-0.15, -0.1) is 0 Å². The van der Waals surface area contributed by atoms with E-state index in [0.29, 0.717) is 0 Å². The van der Waals surface area contributed by atoms with Crippen LogP contribution < -0.4 is 5.73 Å². The van der Waals surface area contributed by atoms with Gasteiger partial charge in [-0.2, -0.15) is 13.2 Å². The molecule has 0 fully saturated rings. The monoisotopic (exact) mass is 269 g/mol. The molecule has 0 aliphatic heterocycles. The van der Waals surface area contributed by atoms with Crippen molar-refractivity contribution in [3.8, 4) is 0 Å². The minimum Gasteiger partial charge on any atom is -0.381 e. The van der Waals surface area contributed by atoms with E-state index in [2.05, 4.69) is 0 Å². The Balaban J connectivity index is 3.11. The fourth-order valence-electron chi connectivity index (χ4n) is 1.54. The first-order chi connectivity index (χ1) is 8.08. The van der Waals surface area contributed by atoms with Crippen molar-refractivity contribution in [2.45, 2.75) is 30.9 Å². The van der Waals surface area contributed by atoms with Gasteiger partial charge in [-0.25, -0.2) is 8.78 Å². The molecule has 1 aromatic rings. The summed E-state index contributed by atoms with van der Waals surface area (Å²) < 4.78 is 63.7. The predicted molar refractivity (Wildman–Crippen MR) is 54.9 cm³/mol. The lowest BCUT2D eigenvalue weighted by atomic mass is 9.85. The van der Waals surface area contributed by atoms with Crippen molar-refractivity contribution in [2.75, 3.05) is 0 Å². The van der Waals surface area contributed by atoms with Gasteiger partial charge in [0.25, 0.3) is 0 Å². The lowest BCUT2D eigenvalue weighted by molar-refractivity contribution is -0.227. The molecule has 7 heteroatoms. The summed E-state index contributed by atoms with van der Waals surface area (Å²) in [5.41, 5.74) is 2.68. The highest BCUT2D eigenvalue weighted by atomic mass is 19.4. The maximum absolute atomic E-state index is 13.7. The molecule has 18 heavy (non-hydrogen) atoms. The molecule has 0 saturated carbocycles.